The third-order valence-corrected chi connectivity index (χ3v) is 5.17. The predicted octanol–water partition coefficient (Wildman–Crippen LogP) is 5.47. The lowest BCUT2D eigenvalue weighted by molar-refractivity contribution is 0.615. The van der Waals surface area contributed by atoms with E-state index in [9.17, 15) is 0 Å². The van der Waals surface area contributed by atoms with Gasteiger partial charge in [0.25, 0.3) is 0 Å². The first-order valence-electron chi connectivity index (χ1n) is 6.65. The minimum atomic E-state index is 0.613. The van der Waals surface area contributed by atoms with Gasteiger partial charge in [0.05, 0.1) is 10.2 Å². The molecule has 0 radical (unpaired) electrons. The normalized spacial score (nSPS) is 11.2. The Morgan fingerprint density at radius 3 is 2.67 bits per heavy atom. The zero-order valence-corrected chi connectivity index (χ0v) is 14.9. The molecular formula is C16H14Br2N2O. The number of hydrogen-bond donors (Lipinski definition) is 1. The summed E-state index contributed by atoms with van der Waals surface area (Å²) in [6.45, 7) is 4.12. The van der Waals surface area contributed by atoms with Crippen LogP contribution in [0.25, 0.3) is 22.6 Å². The highest BCUT2D eigenvalue weighted by Crippen LogP contribution is 2.41. The molecule has 3 nitrogen and oxygen atoms in total. The number of rotatable bonds is 2. The van der Waals surface area contributed by atoms with E-state index in [0.717, 1.165) is 37.6 Å². The van der Waals surface area contributed by atoms with E-state index in [1.54, 1.807) is 0 Å². The third-order valence-electron chi connectivity index (χ3n) is 3.47. The molecule has 0 aliphatic heterocycles. The molecule has 0 spiro atoms. The SMILES string of the molecule is CCc1c(Br)c(N)c(Br)c2nc(-c3cccc(C)c3)oc12. The molecule has 1 heterocycles. The summed E-state index contributed by atoms with van der Waals surface area (Å²) in [5, 5.41) is 0. The van der Waals surface area contributed by atoms with Crippen molar-refractivity contribution in [1.82, 2.24) is 4.98 Å². The number of oxazole rings is 1. The van der Waals surface area contributed by atoms with Crippen molar-refractivity contribution in [1.29, 1.82) is 0 Å². The van der Waals surface area contributed by atoms with Crippen LogP contribution in [0.5, 0.6) is 0 Å². The van der Waals surface area contributed by atoms with Crippen molar-refractivity contribution in [3.63, 3.8) is 0 Å². The molecule has 0 atom stereocenters. The monoisotopic (exact) mass is 408 g/mol. The van der Waals surface area contributed by atoms with E-state index in [1.165, 1.54) is 5.56 Å². The molecule has 0 saturated carbocycles. The van der Waals surface area contributed by atoms with Crippen LogP contribution >= 0.6 is 31.9 Å². The smallest absolute Gasteiger partial charge is 0.227 e. The molecule has 3 aromatic rings. The Balaban J connectivity index is 2.32. The Morgan fingerprint density at radius 1 is 1.24 bits per heavy atom. The van der Waals surface area contributed by atoms with E-state index in [0.29, 0.717) is 11.6 Å². The molecular weight excluding hydrogens is 396 g/mol. The van der Waals surface area contributed by atoms with E-state index < -0.39 is 0 Å². The summed E-state index contributed by atoms with van der Waals surface area (Å²) >= 11 is 7.06. The first kappa shape index (κ1) is 14.6. The summed E-state index contributed by atoms with van der Waals surface area (Å²) in [5.74, 6) is 0.613. The average molecular weight is 410 g/mol. The van der Waals surface area contributed by atoms with Crippen molar-refractivity contribution in [2.75, 3.05) is 5.73 Å². The zero-order chi connectivity index (χ0) is 15.1. The van der Waals surface area contributed by atoms with Crippen LogP contribution in [0.3, 0.4) is 0 Å². The standard InChI is InChI=1S/C16H14Br2N2O/c1-3-10-11(17)13(19)12(18)14-15(10)21-16(20-14)9-6-4-5-8(2)7-9/h4-7H,3,19H2,1-2H3. The van der Waals surface area contributed by atoms with Crippen LogP contribution in [0.4, 0.5) is 5.69 Å². The average Bonchev–Trinajstić information content (AvgIpc) is 2.91. The van der Waals surface area contributed by atoms with Crippen LogP contribution in [0.15, 0.2) is 37.6 Å². The Hall–Kier alpha value is -1.33. The van der Waals surface area contributed by atoms with Crippen LogP contribution in [-0.2, 0) is 6.42 Å². The number of anilines is 1. The number of hydrogen-bond acceptors (Lipinski definition) is 3. The highest BCUT2D eigenvalue weighted by atomic mass is 79.9. The molecule has 1 aromatic heterocycles. The highest BCUT2D eigenvalue weighted by molar-refractivity contribution is 9.11. The molecule has 0 saturated heterocycles. The van der Waals surface area contributed by atoms with Crippen LogP contribution in [-0.4, -0.2) is 4.98 Å². The van der Waals surface area contributed by atoms with Gasteiger partial charge in [-0.2, -0.15) is 0 Å². The predicted molar refractivity (Wildman–Crippen MR) is 93.4 cm³/mol. The number of nitrogens with zero attached hydrogens (tertiary/aromatic N) is 1. The van der Waals surface area contributed by atoms with Gasteiger partial charge in [-0.15, -0.1) is 0 Å². The van der Waals surface area contributed by atoms with E-state index in [2.05, 4.69) is 49.8 Å². The number of nitrogens with two attached hydrogens (primary N) is 1. The number of fused-ring (bicyclic) bond motifs is 1. The van der Waals surface area contributed by atoms with Crippen molar-refractivity contribution >= 4 is 48.6 Å². The largest absolute Gasteiger partial charge is 0.436 e. The van der Waals surface area contributed by atoms with Gasteiger partial charge in [-0.25, -0.2) is 4.98 Å². The lowest BCUT2D eigenvalue weighted by Crippen LogP contribution is -1.94. The number of aromatic nitrogens is 1. The Kier molecular flexibility index (Phi) is 3.80. The minimum Gasteiger partial charge on any atom is -0.436 e. The molecule has 5 heteroatoms. The number of benzene rings is 2. The summed E-state index contributed by atoms with van der Waals surface area (Å²) in [6.07, 6.45) is 0.816. The van der Waals surface area contributed by atoms with Gasteiger partial charge in [0, 0.05) is 15.6 Å². The highest BCUT2D eigenvalue weighted by Gasteiger charge is 2.20. The van der Waals surface area contributed by atoms with Gasteiger partial charge < -0.3 is 10.2 Å². The van der Waals surface area contributed by atoms with Crippen LogP contribution in [0, 0.1) is 6.92 Å². The second-order valence-corrected chi connectivity index (χ2v) is 6.53. The van der Waals surface area contributed by atoms with Gasteiger partial charge in [0.2, 0.25) is 5.89 Å². The van der Waals surface area contributed by atoms with Crippen LogP contribution < -0.4 is 5.73 Å². The van der Waals surface area contributed by atoms with Crippen molar-refractivity contribution in [2.45, 2.75) is 20.3 Å². The summed E-state index contributed by atoms with van der Waals surface area (Å²) in [5.41, 5.74) is 11.5. The molecule has 108 valence electrons. The maximum absolute atomic E-state index is 6.12. The van der Waals surface area contributed by atoms with Crippen molar-refractivity contribution in [3.8, 4) is 11.5 Å². The molecule has 0 aliphatic rings. The van der Waals surface area contributed by atoms with Crippen LogP contribution in [0.1, 0.15) is 18.1 Å². The Morgan fingerprint density at radius 2 is 2.00 bits per heavy atom. The molecule has 21 heavy (non-hydrogen) atoms. The minimum absolute atomic E-state index is 0.613. The topological polar surface area (TPSA) is 52.0 Å². The maximum Gasteiger partial charge on any atom is 0.227 e. The summed E-state index contributed by atoms with van der Waals surface area (Å²) in [4.78, 5) is 4.62. The van der Waals surface area contributed by atoms with E-state index in [-0.39, 0.29) is 0 Å². The van der Waals surface area contributed by atoms with Gasteiger partial charge >= 0.3 is 0 Å². The number of nitrogen functional groups attached to an aromatic ring is 1. The summed E-state index contributed by atoms with van der Waals surface area (Å²) < 4.78 is 7.66. The lowest BCUT2D eigenvalue weighted by Gasteiger charge is -2.07. The van der Waals surface area contributed by atoms with Crippen LogP contribution in [0.2, 0.25) is 0 Å². The first-order valence-corrected chi connectivity index (χ1v) is 8.24. The van der Waals surface area contributed by atoms with Gasteiger partial charge in [-0.05, 0) is 57.3 Å². The molecule has 2 aromatic carbocycles. The Labute approximate surface area is 139 Å². The third kappa shape index (κ3) is 2.38. The molecule has 0 amide bonds. The lowest BCUT2D eigenvalue weighted by atomic mass is 10.1. The maximum atomic E-state index is 6.12. The molecule has 0 bridgehead atoms. The van der Waals surface area contributed by atoms with Gasteiger partial charge in [0.1, 0.15) is 5.52 Å². The quantitative estimate of drug-likeness (QED) is 0.570. The summed E-state index contributed by atoms with van der Waals surface area (Å²) in [6, 6.07) is 8.10. The fraction of sp³-hybridized carbons (Fsp3) is 0.188. The Bertz CT molecular complexity index is 840. The van der Waals surface area contributed by atoms with E-state index >= 15 is 0 Å². The summed E-state index contributed by atoms with van der Waals surface area (Å²) in [7, 11) is 0. The van der Waals surface area contributed by atoms with Gasteiger partial charge in [-0.1, -0.05) is 24.6 Å². The van der Waals surface area contributed by atoms with Crippen molar-refractivity contribution in [3.05, 3.63) is 44.3 Å². The first-order chi connectivity index (χ1) is 10.0. The van der Waals surface area contributed by atoms with Gasteiger partial charge in [-0.3, -0.25) is 0 Å². The van der Waals surface area contributed by atoms with Crippen molar-refractivity contribution < 1.29 is 4.42 Å². The van der Waals surface area contributed by atoms with Gasteiger partial charge in [0.15, 0.2) is 5.58 Å². The number of aryl methyl sites for hydroxylation is 2. The molecule has 0 aliphatic carbocycles. The van der Waals surface area contributed by atoms with Crippen molar-refractivity contribution in [2.24, 2.45) is 0 Å². The fourth-order valence-electron chi connectivity index (χ4n) is 2.38. The zero-order valence-electron chi connectivity index (χ0n) is 11.7. The van der Waals surface area contributed by atoms with E-state index in [4.69, 9.17) is 10.2 Å². The molecule has 0 unspecified atom stereocenters. The molecule has 3 rings (SSSR count). The molecule has 0 fully saturated rings. The fourth-order valence-corrected chi connectivity index (χ4v) is 3.77. The second-order valence-electron chi connectivity index (χ2n) is 4.94. The second kappa shape index (κ2) is 5.46. The van der Waals surface area contributed by atoms with E-state index in [1.807, 2.05) is 25.1 Å². The number of halogens is 2. The molecule has 2 N–H and O–H groups in total.